The van der Waals surface area contributed by atoms with Crippen molar-refractivity contribution in [1.82, 2.24) is 4.90 Å². The number of amides is 2. The Morgan fingerprint density at radius 1 is 1.28 bits per heavy atom. The highest BCUT2D eigenvalue weighted by Crippen LogP contribution is 2.41. The summed E-state index contributed by atoms with van der Waals surface area (Å²) in [7, 11) is 2.69. The summed E-state index contributed by atoms with van der Waals surface area (Å²) >= 11 is 0.748. The number of hydrogen-bond donors (Lipinski definition) is 0. The lowest BCUT2D eigenvalue weighted by Gasteiger charge is -2.18. The molecular weight excluding hydrogens is 350 g/mol. The van der Waals surface area contributed by atoms with Crippen LogP contribution in [0.5, 0.6) is 17.2 Å². The van der Waals surface area contributed by atoms with Crippen LogP contribution in [0.15, 0.2) is 17.0 Å². The summed E-state index contributed by atoms with van der Waals surface area (Å²) in [5, 5.41) is -0.533. The van der Waals surface area contributed by atoms with E-state index in [4.69, 9.17) is 14.2 Å². The zero-order valence-corrected chi connectivity index (χ0v) is 14.5. The lowest BCUT2D eigenvalue weighted by Crippen LogP contribution is -2.42. The van der Waals surface area contributed by atoms with E-state index in [1.165, 1.54) is 27.2 Å². The number of imide groups is 1. The van der Waals surface area contributed by atoms with Gasteiger partial charge in [-0.15, -0.1) is 0 Å². The number of esters is 1. The summed E-state index contributed by atoms with van der Waals surface area (Å²) in [5.74, 6) is 0.310. The summed E-state index contributed by atoms with van der Waals surface area (Å²) in [6.45, 7) is 1.54. The van der Waals surface area contributed by atoms with Crippen molar-refractivity contribution in [2.45, 2.75) is 13.0 Å². The lowest BCUT2D eigenvalue weighted by atomic mass is 10.1. The van der Waals surface area contributed by atoms with Crippen LogP contribution >= 0.6 is 11.8 Å². The molecule has 0 aliphatic carbocycles. The van der Waals surface area contributed by atoms with Crippen molar-refractivity contribution in [1.29, 1.82) is 0 Å². The molecule has 0 bridgehead atoms. The molecule has 2 aliphatic rings. The number of benzene rings is 1. The molecule has 2 amide bonds. The molecule has 0 spiro atoms. The maximum atomic E-state index is 12.5. The summed E-state index contributed by atoms with van der Waals surface area (Å²) in [5.41, 5.74) is 0.558. The molecule has 1 fully saturated rings. The number of carbonyl (C=O) groups is 3. The average Bonchev–Trinajstić information content (AvgIpc) is 3.16. The largest absolute Gasteiger partial charge is 0.496 e. The number of ether oxygens (including phenoxy) is 4. The summed E-state index contributed by atoms with van der Waals surface area (Å²) in [6, 6.07) is 2.32. The first-order valence-electron chi connectivity index (χ1n) is 7.28. The minimum Gasteiger partial charge on any atom is -0.496 e. The van der Waals surface area contributed by atoms with E-state index in [1.807, 2.05) is 0 Å². The van der Waals surface area contributed by atoms with Gasteiger partial charge in [-0.2, -0.15) is 0 Å². The normalized spacial score (nSPS) is 18.7. The van der Waals surface area contributed by atoms with Crippen molar-refractivity contribution >= 4 is 35.0 Å². The number of nitrogens with zero attached hydrogens (tertiary/aromatic N) is 1. The summed E-state index contributed by atoms with van der Waals surface area (Å²) < 4.78 is 20.5. The second kappa shape index (κ2) is 6.67. The van der Waals surface area contributed by atoms with Crippen LogP contribution in [0.4, 0.5) is 4.79 Å². The number of hydrogen-bond acceptors (Lipinski definition) is 8. The van der Waals surface area contributed by atoms with Gasteiger partial charge in [0.15, 0.2) is 11.5 Å². The third-order valence-electron chi connectivity index (χ3n) is 3.76. The topological polar surface area (TPSA) is 91.4 Å². The first-order chi connectivity index (χ1) is 12.0. The number of fused-ring (bicyclic) bond motifs is 1. The molecule has 1 atom stereocenters. The Balaban J connectivity index is 1.94. The van der Waals surface area contributed by atoms with Crippen LogP contribution in [0.2, 0.25) is 0 Å². The highest BCUT2D eigenvalue weighted by molar-refractivity contribution is 8.18. The molecule has 2 aliphatic heterocycles. The van der Waals surface area contributed by atoms with Crippen molar-refractivity contribution in [2.75, 3.05) is 21.0 Å². The van der Waals surface area contributed by atoms with Crippen LogP contribution in [0.25, 0.3) is 6.08 Å². The fraction of sp³-hybridized carbons (Fsp3) is 0.312. The summed E-state index contributed by atoms with van der Waals surface area (Å²) in [6.07, 6.45) is 1.52. The highest BCUT2D eigenvalue weighted by atomic mass is 32.2. The predicted octanol–water partition coefficient (Wildman–Crippen LogP) is 2.02. The van der Waals surface area contributed by atoms with Gasteiger partial charge in [-0.05, 0) is 30.8 Å². The van der Waals surface area contributed by atoms with E-state index in [0.29, 0.717) is 22.8 Å². The van der Waals surface area contributed by atoms with Gasteiger partial charge in [0.1, 0.15) is 11.8 Å². The van der Waals surface area contributed by atoms with Gasteiger partial charge in [-0.25, -0.2) is 4.79 Å². The Labute approximate surface area is 147 Å². The fourth-order valence-corrected chi connectivity index (χ4v) is 3.36. The Morgan fingerprint density at radius 2 is 1.96 bits per heavy atom. The van der Waals surface area contributed by atoms with Gasteiger partial charge in [0.2, 0.25) is 6.79 Å². The molecule has 8 nitrogen and oxygen atoms in total. The van der Waals surface area contributed by atoms with Gasteiger partial charge in [0.05, 0.1) is 19.1 Å². The summed E-state index contributed by atoms with van der Waals surface area (Å²) in [4.78, 5) is 37.4. The molecule has 132 valence electrons. The quantitative estimate of drug-likeness (QED) is 0.591. The van der Waals surface area contributed by atoms with Crippen LogP contribution in [-0.2, 0) is 14.3 Å². The van der Waals surface area contributed by atoms with Crippen LogP contribution in [0.3, 0.4) is 0 Å². The molecule has 0 aromatic heterocycles. The van der Waals surface area contributed by atoms with Gasteiger partial charge in [-0.3, -0.25) is 14.5 Å². The predicted molar refractivity (Wildman–Crippen MR) is 88.4 cm³/mol. The zero-order chi connectivity index (χ0) is 18.1. The van der Waals surface area contributed by atoms with E-state index in [-0.39, 0.29) is 11.7 Å². The third-order valence-corrected chi connectivity index (χ3v) is 4.65. The maximum absolute atomic E-state index is 12.5. The van der Waals surface area contributed by atoms with E-state index in [9.17, 15) is 14.4 Å². The number of methoxy groups -OCH3 is 2. The van der Waals surface area contributed by atoms with Gasteiger partial charge in [0, 0.05) is 11.6 Å². The molecule has 25 heavy (non-hydrogen) atoms. The minimum absolute atomic E-state index is 0.106. The zero-order valence-electron chi connectivity index (χ0n) is 13.7. The Bertz CT molecular complexity index is 789. The SMILES string of the molecule is COC(=O)[C@@H](C)N1C(=O)S/C(=C\c2cc3c(cc2OC)OCO3)C1=O. The van der Waals surface area contributed by atoms with Crippen molar-refractivity contribution in [3.8, 4) is 17.2 Å². The van der Waals surface area contributed by atoms with Gasteiger partial charge >= 0.3 is 5.97 Å². The molecule has 9 heteroatoms. The second-order valence-corrected chi connectivity index (χ2v) is 6.19. The van der Waals surface area contributed by atoms with Crippen LogP contribution in [0, 0.1) is 0 Å². The van der Waals surface area contributed by atoms with Crippen LogP contribution < -0.4 is 14.2 Å². The molecule has 0 N–H and O–H groups in total. The molecule has 1 aromatic rings. The van der Waals surface area contributed by atoms with Crippen molar-refractivity contribution in [3.63, 3.8) is 0 Å². The van der Waals surface area contributed by atoms with E-state index < -0.39 is 23.2 Å². The fourth-order valence-electron chi connectivity index (χ4n) is 2.46. The third kappa shape index (κ3) is 3.02. The molecule has 2 heterocycles. The molecular formula is C16H15NO7S. The lowest BCUT2D eigenvalue weighted by molar-refractivity contribution is -0.148. The van der Waals surface area contributed by atoms with E-state index in [1.54, 1.807) is 12.1 Å². The highest BCUT2D eigenvalue weighted by Gasteiger charge is 2.41. The Kier molecular flexibility index (Phi) is 4.58. The van der Waals surface area contributed by atoms with Crippen molar-refractivity contribution < 1.29 is 33.3 Å². The van der Waals surface area contributed by atoms with E-state index in [0.717, 1.165) is 16.7 Å². The smallest absolute Gasteiger partial charge is 0.328 e. The molecule has 1 saturated heterocycles. The molecule has 0 unspecified atom stereocenters. The number of carbonyl (C=O) groups excluding carboxylic acids is 3. The van der Waals surface area contributed by atoms with E-state index in [2.05, 4.69) is 4.74 Å². The van der Waals surface area contributed by atoms with Gasteiger partial charge in [0.25, 0.3) is 11.1 Å². The number of rotatable bonds is 4. The maximum Gasteiger partial charge on any atom is 0.328 e. The average molecular weight is 365 g/mol. The first kappa shape index (κ1) is 17.2. The Morgan fingerprint density at radius 3 is 2.60 bits per heavy atom. The van der Waals surface area contributed by atoms with Crippen molar-refractivity contribution in [3.05, 3.63) is 22.6 Å². The number of thioether (sulfide) groups is 1. The standard InChI is InChI=1S/C16H15NO7S/c1-8(15(19)22-3)17-14(18)13(25-16(17)20)5-9-4-11-12(24-7-23-11)6-10(9)21-2/h4-6,8H,7H2,1-3H3/b13-5-/t8-/m1/s1. The van der Waals surface area contributed by atoms with Gasteiger partial charge < -0.3 is 18.9 Å². The van der Waals surface area contributed by atoms with Crippen molar-refractivity contribution in [2.24, 2.45) is 0 Å². The molecule has 1 aromatic carbocycles. The second-order valence-electron chi connectivity index (χ2n) is 5.20. The molecule has 0 saturated carbocycles. The van der Waals surface area contributed by atoms with E-state index >= 15 is 0 Å². The molecule has 3 rings (SSSR count). The first-order valence-corrected chi connectivity index (χ1v) is 8.10. The molecule has 0 radical (unpaired) electrons. The Hall–Kier alpha value is -2.68. The minimum atomic E-state index is -0.998. The van der Waals surface area contributed by atoms with Crippen LogP contribution in [-0.4, -0.2) is 49.1 Å². The monoisotopic (exact) mass is 365 g/mol. The van der Waals surface area contributed by atoms with Gasteiger partial charge in [-0.1, -0.05) is 0 Å². The van der Waals surface area contributed by atoms with Crippen LogP contribution in [0.1, 0.15) is 12.5 Å².